The zero-order valence-corrected chi connectivity index (χ0v) is 17.6. The third-order valence-corrected chi connectivity index (χ3v) is 6.40. The van der Waals surface area contributed by atoms with Gasteiger partial charge in [0.2, 0.25) is 11.8 Å². The highest BCUT2D eigenvalue weighted by molar-refractivity contribution is 6.24. The fourth-order valence-electron chi connectivity index (χ4n) is 4.96. The van der Waals surface area contributed by atoms with Gasteiger partial charge in [-0.25, -0.2) is 4.90 Å². The number of aromatic hydroxyl groups is 1. The number of carbonyl (C=O) groups is 3. The van der Waals surface area contributed by atoms with Crippen LogP contribution in [-0.2, 0) is 19.1 Å². The average Bonchev–Trinajstić information content (AvgIpc) is 3.27. The van der Waals surface area contributed by atoms with Gasteiger partial charge in [0.05, 0.1) is 24.6 Å². The molecule has 0 radical (unpaired) electrons. The number of imide groups is 1. The molecule has 4 unspecified atom stereocenters. The number of ether oxygens (including phenoxy) is 1. The van der Waals surface area contributed by atoms with E-state index in [0.29, 0.717) is 18.5 Å². The van der Waals surface area contributed by atoms with Crippen LogP contribution >= 0.6 is 0 Å². The first-order valence-corrected chi connectivity index (χ1v) is 10.5. The normalized spacial score (nSPS) is 27.4. The molecule has 4 rings (SSSR count). The summed E-state index contributed by atoms with van der Waals surface area (Å²) in [7, 11) is 1.30. The lowest BCUT2D eigenvalue weighted by Crippen LogP contribution is -2.56. The number of hydrogen-bond acceptors (Lipinski definition) is 6. The van der Waals surface area contributed by atoms with E-state index in [1.807, 2.05) is 13.0 Å². The Labute approximate surface area is 181 Å². The van der Waals surface area contributed by atoms with Crippen LogP contribution in [0.5, 0.6) is 5.75 Å². The van der Waals surface area contributed by atoms with Crippen molar-refractivity contribution in [2.45, 2.75) is 37.8 Å². The summed E-state index contributed by atoms with van der Waals surface area (Å²) in [6.45, 7) is 2.01. The Kier molecular flexibility index (Phi) is 5.54. The molecule has 162 valence electrons. The summed E-state index contributed by atoms with van der Waals surface area (Å²) in [5, 5.41) is 13.0. The summed E-state index contributed by atoms with van der Waals surface area (Å²) in [5.41, 5.74) is -0.0782. The van der Waals surface area contributed by atoms with Crippen LogP contribution in [0.15, 0.2) is 54.6 Å². The Morgan fingerprint density at radius 3 is 2.39 bits per heavy atom. The van der Waals surface area contributed by atoms with Crippen LogP contribution in [0.4, 0.5) is 5.69 Å². The molecule has 2 heterocycles. The summed E-state index contributed by atoms with van der Waals surface area (Å²) in [5.74, 6) is -2.80. The quantitative estimate of drug-likeness (QED) is 0.549. The van der Waals surface area contributed by atoms with Gasteiger partial charge in [-0.2, -0.15) is 0 Å². The maximum absolute atomic E-state index is 13.6. The molecule has 2 aromatic carbocycles. The highest BCUT2D eigenvalue weighted by Gasteiger charge is 2.68. The van der Waals surface area contributed by atoms with Gasteiger partial charge in [-0.3, -0.25) is 19.7 Å². The van der Waals surface area contributed by atoms with Gasteiger partial charge in [-0.05, 0) is 36.2 Å². The number of esters is 1. The summed E-state index contributed by atoms with van der Waals surface area (Å²) in [4.78, 5) is 41.5. The van der Waals surface area contributed by atoms with Crippen LogP contribution in [-0.4, -0.2) is 35.5 Å². The number of fused-ring (bicyclic) bond motifs is 1. The van der Waals surface area contributed by atoms with Crippen LogP contribution < -0.4 is 10.2 Å². The molecule has 2 aliphatic rings. The number of nitrogens with one attached hydrogen (secondary N) is 1. The zero-order valence-electron chi connectivity index (χ0n) is 17.6. The third kappa shape index (κ3) is 3.29. The van der Waals surface area contributed by atoms with Gasteiger partial charge in [0.1, 0.15) is 11.3 Å². The molecule has 7 heteroatoms. The van der Waals surface area contributed by atoms with Gasteiger partial charge in [0.15, 0.2) is 0 Å². The number of nitrogens with zero attached hydrogens (tertiary/aromatic N) is 1. The van der Waals surface area contributed by atoms with E-state index in [-0.39, 0.29) is 11.7 Å². The number of para-hydroxylation sites is 1. The number of phenols is 1. The van der Waals surface area contributed by atoms with Crippen molar-refractivity contribution < 1.29 is 24.2 Å². The van der Waals surface area contributed by atoms with Crippen molar-refractivity contribution in [2.75, 3.05) is 12.0 Å². The number of hydrogen-bond donors (Lipinski definition) is 2. The van der Waals surface area contributed by atoms with Gasteiger partial charge >= 0.3 is 5.97 Å². The molecule has 4 atom stereocenters. The first-order valence-electron chi connectivity index (χ1n) is 10.5. The summed E-state index contributed by atoms with van der Waals surface area (Å²) < 4.78 is 5.15. The Morgan fingerprint density at radius 1 is 1.10 bits per heavy atom. The molecule has 31 heavy (non-hydrogen) atoms. The fourth-order valence-corrected chi connectivity index (χ4v) is 4.96. The van der Waals surface area contributed by atoms with Crippen molar-refractivity contribution in [2.24, 2.45) is 11.8 Å². The average molecular weight is 422 g/mol. The first kappa shape index (κ1) is 21.1. The number of carbonyl (C=O) groups excluding carboxylic acids is 3. The Morgan fingerprint density at radius 2 is 1.77 bits per heavy atom. The van der Waals surface area contributed by atoms with Crippen molar-refractivity contribution in [3.05, 3.63) is 60.2 Å². The van der Waals surface area contributed by atoms with Crippen LogP contribution in [0, 0.1) is 11.8 Å². The smallest absolute Gasteiger partial charge is 0.326 e. The molecule has 2 amide bonds. The van der Waals surface area contributed by atoms with Crippen LogP contribution in [0.2, 0.25) is 0 Å². The number of methoxy groups -OCH3 is 1. The van der Waals surface area contributed by atoms with Crippen molar-refractivity contribution in [3.63, 3.8) is 0 Å². The number of unbranched alkanes of at least 4 members (excludes halogenated alkanes) is 1. The molecule has 2 fully saturated rings. The second kappa shape index (κ2) is 8.15. The van der Waals surface area contributed by atoms with E-state index in [0.717, 1.165) is 12.0 Å². The molecule has 2 aromatic rings. The Balaban J connectivity index is 1.85. The molecule has 2 saturated heterocycles. The highest BCUT2D eigenvalue weighted by atomic mass is 16.5. The maximum atomic E-state index is 13.6. The van der Waals surface area contributed by atoms with Crippen molar-refractivity contribution in [1.82, 2.24) is 5.32 Å². The first-order chi connectivity index (χ1) is 14.9. The number of benzene rings is 2. The van der Waals surface area contributed by atoms with E-state index >= 15 is 0 Å². The zero-order chi connectivity index (χ0) is 22.2. The minimum atomic E-state index is -1.30. The molecule has 2 N–H and O–H groups in total. The monoisotopic (exact) mass is 422 g/mol. The van der Waals surface area contributed by atoms with E-state index in [1.54, 1.807) is 36.4 Å². The lowest BCUT2D eigenvalue weighted by Gasteiger charge is -2.32. The molecule has 0 saturated carbocycles. The number of phenolic OH excluding ortho intramolecular Hbond substituents is 1. The molecule has 0 aromatic heterocycles. The van der Waals surface area contributed by atoms with E-state index in [4.69, 9.17) is 4.74 Å². The topological polar surface area (TPSA) is 95.9 Å². The number of amides is 2. The highest BCUT2D eigenvalue weighted by Crippen LogP contribution is 2.51. The van der Waals surface area contributed by atoms with E-state index in [1.165, 1.54) is 24.1 Å². The third-order valence-electron chi connectivity index (χ3n) is 6.40. The summed E-state index contributed by atoms with van der Waals surface area (Å²) in [6, 6.07) is 14.7. The molecular weight excluding hydrogens is 396 g/mol. The molecular formula is C24H26N2O5. The number of rotatable bonds is 6. The van der Waals surface area contributed by atoms with Crippen molar-refractivity contribution in [1.29, 1.82) is 0 Å². The standard InChI is InChI=1S/C24H26N2O5/c1-3-4-14-24(23(30)31-2)19-18(20(25-24)15-10-12-17(27)13-11-15)21(28)26(22(19)29)16-8-6-5-7-9-16/h5-13,18-20,25,27H,3-4,14H2,1-2H3. The largest absolute Gasteiger partial charge is 0.508 e. The van der Waals surface area contributed by atoms with Gasteiger partial charge in [0, 0.05) is 6.04 Å². The van der Waals surface area contributed by atoms with Crippen molar-refractivity contribution in [3.8, 4) is 5.75 Å². The number of anilines is 1. The Hall–Kier alpha value is -3.19. The van der Waals surface area contributed by atoms with Crippen LogP contribution in [0.25, 0.3) is 0 Å². The maximum Gasteiger partial charge on any atom is 0.326 e. The lowest BCUT2D eigenvalue weighted by atomic mass is 9.76. The minimum absolute atomic E-state index is 0.100. The van der Waals surface area contributed by atoms with Gasteiger partial charge in [-0.15, -0.1) is 0 Å². The fraction of sp³-hybridized carbons (Fsp3) is 0.375. The SMILES string of the molecule is CCCCC1(C(=O)OC)NC(c2ccc(O)cc2)C2C(=O)N(c3ccccc3)C(=O)C21. The van der Waals surface area contributed by atoms with Crippen LogP contribution in [0.3, 0.4) is 0 Å². The second-order valence-corrected chi connectivity index (χ2v) is 8.13. The predicted molar refractivity (Wildman–Crippen MR) is 114 cm³/mol. The molecule has 7 nitrogen and oxygen atoms in total. The lowest BCUT2D eigenvalue weighted by molar-refractivity contribution is -0.152. The molecule has 0 aliphatic carbocycles. The van der Waals surface area contributed by atoms with Crippen LogP contribution in [0.1, 0.15) is 37.8 Å². The molecule has 2 aliphatic heterocycles. The summed E-state index contributed by atoms with van der Waals surface area (Å²) >= 11 is 0. The van der Waals surface area contributed by atoms with Gasteiger partial charge < -0.3 is 9.84 Å². The van der Waals surface area contributed by atoms with Gasteiger partial charge in [0.25, 0.3) is 0 Å². The summed E-state index contributed by atoms with van der Waals surface area (Å²) in [6.07, 6.45) is 1.90. The van der Waals surface area contributed by atoms with E-state index in [2.05, 4.69) is 5.32 Å². The Bertz CT molecular complexity index is 991. The van der Waals surface area contributed by atoms with Gasteiger partial charge in [-0.1, -0.05) is 50.1 Å². The molecule has 0 spiro atoms. The van der Waals surface area contributed by atoms with E-state index < -0.39 is 35.3 Å². The van der Waals surface area contributed by atoms with E-state index in [9.17, 15) is 19.5 Å². The van der Waals surface area contributed by atoms with Crippen molar-refractivity contribution >= 4 is 23.5 Å². The minimum Gasteiger partial charge on any atom is -0.508 e. The molecule has 0 bridgehead atoms. The second-order valence-electron chi connectivity index (χ2n) is 8.13. The predicted octanol–water partition coefficient (Wildman–Crippen LogP) is 2.94.